The summed E-state index contributed by atoms with van der Waals surface area (Å²) >= 11 is 5.86. The molecule has 2 aromatic rings. The van der Waals surface area contributed by atoms with Gasteiger partial charge in [-0.3, -0.25) is 4.99 Å². The third-order valence-electron chi connectivity index (χ3n) is 5.48. The molecule has 27 heavy (non-hydrogen) atoms. The molecule has 1 atom stereocenters. The number of nitrogens with zero attached hydrogens (tertiary/aromatic N) is 2. The lowest BCUT2D eigenvalue weighted by molar-refractivity contribution is 0.376. The van der Waals surface area contributed by atoms with Crippen LogP contribution in [0.15, 0.2) is 35.3 Å². The first-order valence-electron chi connectivity index (χ1n) is 9.64. The Morgan fingerprint density at radius 2 is 2.04 bits per heavy atom. The zero-order valence-electron chi connectivity index (χ0n) is 16.8. The quantitative estimate of drug-likeness (QED) is 0.514. The van der Waals surface area contributed by atoms with E-state index in [9.17, 15) is 4.39 Å². The fourth-order valence-electron chi connectivity index (χ4n) is 4.15. The minimum atomic E-state index is -0.423. The molecule has 0 bridgehead atoms. The Morgan fingerprint density at radius 3 is 2.70 bits per heavy atom. The van der Waals surface area contributed by atoms with Gasteiger partial charge in [0.2, 0.25) is 0 Å². The highest BCUT2D eigenvalue weighted by Crippen LogP contribution is 2.44. The second kappa shape index (κ2) is 7.63. The first-order valence-corrected chi connectivity index (χ1v) is 10.0. The Morgan fingerprint density at radius 1 is 1.30 bits per heavy atom. The van der Waals surface area contributed by atoms with Gasteiger partial charge >= 0.3 is 0 Å². The van der Waals surface area contributed by atoms with Gasteiger partial charge in [0.1, 0.15) is 5.82 Å². The van der Waals surface area contributed by atoms with Gasteiger partial charge in [-0.15, -0.1) is 0 Å². The van der Waals surface area contributed by atoms with Crippen molar-refractivity contribution in [1.29, 1.82) is 0 Å². The van der Waals surface area contributed by atoms with Crippen LogP contribution in [0.5, 0.6) is 0 Å². The van der Waals surface area contributed by atoms with E-state index in [1.54, 1.807) is 12.1 Å². The van der Waals surface area contributed by atoms with Crippen molar-refractivity contribution < 1.29 is 4.39 Å². The van der Waals surface area contributed by atoms with Gasteiger partial charge in [-0.05, 0) is 86.6 Å². The Balaban J connectivity index is 1.99. The Bertz CT molecular complexity index is 873. The predicted molar refractivity (Wildman–Crippen MR) is 115 cm³/mol. The van der Waals surface area contributed by atoms with Gasteiger partial charge in [0.25, 0.3) is 0 Å². The molecule has 2 aromatic carbocycles. The van der Waals surface area contributed by atoms with Crippen molar-refractivity contribution in [3.63, 3.8) is 0 Å². The van der Waals surface area contributed by atoms with Crippen LogP contribution in [0.3, 0.4) is 0 Å². The van der Waals surface area contributed by atoms with Crippen molar-refractivity contribution in [2.24, 2.45) is 4.99 Å². The third kappa shape index (κ3) is 4.03. The van der Waals surface area contributed by atoms with Crippen molar-refractivity contribution in [1.82, 2.24) is 0 Å². The van der Waals surface area contributed by atoms with E-state index in [-0.39, 0.29) is 10.6 Å². The van der Waals surface area contributed by atoms with Crippen LogP contribution >= 0.6 is 11.6 Å². The average Bonchev–Trinajstić information content (AvgIpc) is 2.59. The van der Waals surface area contributed by atoms with Crippen molar-refractivity contribution in [3.8, 4) is 0 Å². The molecule has 1 aliphatic rings. The summed E-state index contributed by atoms with van der Waals surface area (Å²) in [5.41, 5.74) is 5.83. The SMILES string of the molecule is CCCN1c2cc(C)c(C=Nc3ccc(F)c(Cl)c3)cc2C(C)CC1(C)C. The molecule has 0 saturated carbocycles. The Hall–Kier alpha value is -1.87. The van der Waals surface area contributed by atoms with E-state index < -0.39 is 5.82 Å². The molecule has 144 valence electrons. The Kier molecular flexibility index (Phi) is 5.62. The van der Waals surface area contributed by atoms with Gasteiger partial charge < -0.3 is 4.90 Å². The number of rotatable bonds is 4. The standard InChI is InChI=1S/C23H28ClFN2/c1-6-9-27-22-10-15(2)17(11-19(22)16(3)13-23(27,4)5)14-26-18-7-8-21(25)20(24)12-18/h7-8,10-12,14,16H,6,9,13H2,1-5H3. The highest BCUT2D eigenvalue weighted by atomic mass is 35.5. The van der Waals surface area contributed by atoms with E-state index in [1.807, 2.05) is 6.21 Å². The second-order valence-corrected chi connectivity index (χ2v) is 8.60. The molecule has 0 spiro atoms. The molecule has 0 N–H and O–H groups in total. The number of anilines is 1. The third-order valence-corrected chi connectivity index (χ3v) is 5.77. The summed E-state index contributed by atoms with van der Waals surface area (Å²) in [7, 11) is 0. The number of hydrogen-bond donors (Lipinski definition) is 0. The summed E-state index contributed by atoms with van der Waals surface area (Å²) < 4.78 is 13.3. The number of hydrogen-bond acceptors (Lipinski definition) is 2. The molecule has 0 aliphatic carbocycles. The molecule has 0 saturated heterocycles. The van der Waals surface area contributed by atoms with Crippen LogP contribution < -0.4 is 4.90 Å². The molecule has 1 heterocycles. The smallest absolute Gasteiger partial charge is 0.141 e. The lowest BCUT2D eigenvalue weighted by Gasteiger charge is -2.48. The molecule has 4 heteroatoms. The van der Waals surface area contributed by atoms with Crippen molar-refractivity contribution in [3.05, 3.63) is 57.9 Å². The van der Waals surface area contributed by atoms with E-state index in [4.69, 9.17) is 11.6 Å². The van der Waals surface area contributed by atoms with Crippen LogP contribution in [0, 0.1) is 12.7 Å². The normalized spacial score (nSPS) is 18.8. The van der Waals surface area contributed by atoms with Gasteiger partial charge in [-0.2, -0.15) is 0 Å². The zero-order chi connectivity index (χ0) is 19.8. The summed E-state index contributed by atoms with van der Waals surface area (Å²) in [5.74, 6) is 0.0733. The van der Waals surface area contributed by atoms with Crippen LogP contribution in [0.2, 0.25) is 5.02 Å². The number of benzene rings is 2. The maximum absolute atomic E-state index is 13.3. The van der Waals surface area contributed by atoms with Gasteiger partial charge in [-0.1, -0.05) is 25.4 Å². The minimum Gasteiger partial charge on any atom is -0.366 e. The predicted octanol–water partition coefficient (Wildman–Crippen LogP) is 7.04. The number of aliphatic imine (C=N–C) groups is 1. The van der Waals surface area contributed by atoms with Gasteiger partial charge in [0.05, 0.1) is 10.7 Å². The molecule has 3 rings (SSSR count). The molecule has 0 radical (unpaired) electrons. The first kappa shape index (κ1) is 19.9. The van der Waals surface area contributed by atoms with Crippen LogP contribution in [-0.4, -0.2) is 18.3 Å². The molecule has 1 unspecified atom stereocenters. The van der Waals surface area contributed by atoms with Crippen molar-refractivity contribution >= 4 is 29.2 Å². The van der Waals surface area contributed by atoms with Gasteiger partial charge in [0.15, 0.2) is 0 Å². The average molecular weight is 387 g/mol. The van der Waals surface area contributed by atoms with E-state index in [0.29, 0.717) is 11.6 Å². The lowest BCUT2D eigenvalue weighted by Crippen LogP contribution is -2.48. The molecule has 0 aromatic heterocycles. The summed E-state index contributed by atoms with van der Waals surface area (Å²) in [6.07, 6.45) is 4.12. The topological polar surface area (TPSA) is 15.6 Å². The molecular formula is C23H28ClFN2. The summed E-state index contributed by atoms with van der Waals surface area (Å²) in [5, 5.41) is 0.0953. The van der Waals surface area contributed by atoms with E-state index in [2.05, 4.69) is 56.6 Å². The van der Waals surface area contributed by atoms with E-state index in [1.165, 1.54) is 22.9 Å². The van der Waals surface area contributed by atoms with Gasteiger partial charge in [0, 0.05) is 24.0 Å². The monoisotopic (exact) mass is 386 g/mol. The zero-order valence-corrected chi connectivity index (χ0v) is 17.6. The second-order valence-electron chi connectivity index (χ2n) is 8.19. The maximum Gasteiger partial charge on any atom is 0.141 e. The van der Waals surface area contributed by atoms with Crippen LogP contribution in [0.1, 0.15) is 63.1 Å². The first-order chi connectivity index (χ1) is 12.7. The Labute approximate surface area is 167 Å². The summed E-state index contributed by atoms with van der Waals surface area (Å²) in [6, 6.07) is 9.10. The lowest BCUT2D eigenvalue weighted by atomic mass is 9.79. The summed E-state index contributed by atoms with van der Waals surface area (Å²) in [4.78, 5) is 7.06. The molecule has 0 amide bonds. The fraction of sp³-hybridized carbons (Fsp3) is 0.435. The number of aryl methyl sites for hydroxylation is 1. The van der Waals surface area contributed by atoms with Crippen LogP contribution in [0.4, 0.5) is 15.8 Å². The van der Waals surface area contributed by atoms with Crippen molar-refractivity contribution in [2.75, 3.05) is 11.4 Å². The molecule has 1 aliphatic heterocycles. The van der Waals surface area contributed by atoms with Crippen LogP contribution in [-0.2, 0) is 0 Å². The van der Waals surface area contributed by atoms with Gasteiger partial charge in [-0.25, -0.2) is 4.39 Å². The minimum absolute atomic E-state index is 0.0953. The molecular weight excluding hydrogens is 359 g/mol. The largest absolute Gasteiger partial charge is 0.366 e. The summed E-state index contributed by atoms with van der Waals surface area (Å²) in [6.45, 7) is 12.4. The molecule has 2 nitrogen and oxygen atoms in total. The maximum atomic E-state index is 13.3. The van der Waals surface area contributed by atoms with Crippen molar-refractivity contribution in [2.45, 2.75) is 58.9 Å². The van der Waals surface area contributed by atoms with E-state index >= 15 is 0 Å². The molecule has 0 fully saturated rings. The van der Waals surface area contributed by atoms with Crippen LogP contribution in [0.25, 0.3) is 0 Å². The fourth-order valence-corrected chi connectivity index (χ4v) is 4.32. The number of fused-ring (bicyclic) bond motifs is 1. The highest BCUT2D eigenvalue weighted by molar-refractivity contribution is 6.31. The van der Waals surface area contributed by atoms with E-state index in [0.717, 1.165) is 24.9 Å². The number of halogens is 2. The highest BCUT2D eigenvalue weighted by Gasteiger charge is 2.36.